The number of aryl methyl sites for hydroxylation is 1. The van der Waals surface area contributed by atoms with Gasteiger partial charge in [0.2, 0.25) is 0 Å². The quantitative estimate of drug-likeness (QED) is 0.808. The van der Waals surface area contributed by atoms with E-state index < -0.39 is 0 Å². The molecule has 0 aliphatic heterocycles. The molecular formula is C12H22N2O. The second kappa shape index (κ2) is 5.31. The van der Waals surface area contributed by atoms with E-state index in [2.05, 4.69) is 32.1 Å². The van der Waals surface area contributed by atoms with E-state index in [1.807, 2.05) is 17.8 Å². The first-order valence-corrected chi connectivity index (χ1v) is 5.74. The van der Waals surface area contributed by atoms with Crippen molar-refractivity contribution >= 4 is 0 Å². The summed E-state index contributed by atoms with van der Waals surface area (Å²) >= 11 is 0. The van der Waals surface area contributed by atoms with Crippen molar-refractivity contribution in [1.29, 1.82) is 0 Å². The maximum Gasteiger partial charge on any atom is 0.0545 e. The summed E-state index contributed by atoms with van der Waals surface area (Å²) in [5, 5.41) is 13.9. The largest absolute Gasteiger partial charge is 0.393 e. The van der Waals surface area contributed by atoms with E-state index in [0.29, 0.717) is 11.8 Å². The number of nitrogens with zero attached hydrogens (tertiary/aromatic N) is 2. The standard InChI is InChI=1S/C12H22N2O/c1-5-14-8-11(7-13-14)6-12(9(2)3)10(4)15/h7-10,12,15H,5-6H2,1-4H3. The van der Waals surface area contributed by atoms with Crippen molar-refractivity contribution in [2.24, 2.45) is 11.8 Å². The van der Waals surface area contributed by atoms with E-state index in [4.69, 9.17) is 0 Å². The summed E-state index contributed by atoms with van der Waals surface area (Å²) in [4.78, 5) is 0. The van der Waals surface area contributed by atoms with Gasteiger partial charge in [-0.15, -0.1) is 0 Å². The van der Waals surface area contributed by atoms with Crippen molar-refractivity contribution in [3.05, 3.63) is 18.0 Å². The van der Waals surface area contributed by atoms with Crippen LogP contribution in [-0.2, 0) is 13.0 Å². The molecule has 0 bridgehead atoms. The van der Waals surface area contributed by atoms with Gasteiger partial charge in [-0.25, -0.2) is 0 Å². The molecule has 1 N–H and O–H groups in total. The van der Waals surface area contributed by atoms with E-state index in [1.54, 1.807) is 0 Å². The molecule has 2 atom stereocenters. The Labute approximate surface area is 92.1 Å². The molecule has 0 saturated heterocycles. The van der Waals surface area contributed by atoms with Gasteiger partial charge in [0.25, 0.3) is 0 Å². The van der Waals surface area contributed by atoms with Crippen LogP contribution in [0.3, 0.4) is 0 Å². The lowest BCUT2D eigenvalue weighted by atomic mass is 9.86. The Morgan fingerprint density at radius 1 is 1.40 bits per heavy atom. The predicted molar refractivity (Wildman–Crippen MR) is 61.6 cm³/mol. The molecule has 1 aromatic heterocycles. The van der Waals surface area contributed by atoms with Crippen molar-refractivity contribution in [3.8, 4) is 0 Å². The fourth-order valence-corrected chi connectivity index (χ4v) is 1.92. The minimum absolute atomic E-state index is 0.255. The van der Waals surface area contributed by atoms with Crippen LogP contribution in [0.15, 0.2) is 12.4 Å². The third-order valence-corrected chi connectivity index (χ3v) is 2.96. The summed E-state index contributed by atoms with van der Waals surface area (Å²) < 4.78 is 1.93. The molecule has 0 aliphatic rings. The molecule has 15 heavy (non-hydrogen) atoms. The van der Waals surface area contributed by atoms with Crippen LogP contribution in [0.2, 0.25) is 0 Å². The molecule has 3 nitrogen and oxygen atoms in total. The molecule has 0 aliphatic carbocycles. The van der Waals surface area contributed by atoms with Crippen molar-refractivity contribution in [2.75, 3.05) is 0 Å². The Kier molecular flexibility index (Phi) is 4.33. The number of hydrogen-bond donors (Lipinski definition) is 1. The van der Waals surface area contributed by atoms with E-state index in [0.717, 1.165) is 13.0 Å². The first-order chi connectivity index (χ1) is 7.04. The maximum atomic E-state index is 9.68. The average molecular weight is 210 g/mol. The topological polar surface area (TPSA) is 38.0 Å². The zero-order valence-electron chi connectivity index (χ0n) is 10.1. The average Bonchev–Trinajstić information content (AvgIpc) is 2.60. The van der Waals surface area contributed by atoms with Crippen LogP contribution in [0.4, 0.5) is 0 Å². The smallest absolute Gasteiger partial charge is 0.0545 e. The number of aliphatic hydroxyl groups is 1. The van der Waals surface area contributed by atoms with E-state index in [-0.39, 0.29) is 6.10 Å². The Balaban J connectivity index is 2.65. The highest BCUT2D eigenvalue weighted by atomic mass is 16.3. The van der Waals surface area contributed by atoms with Gasteiger partial charge in [0.1, 0.15) is 0 Å². The summed E-state index contributed by atoms with van der Waals surface area (Å²) in [5.41, 5.74) is 1.22. The van der Waals surface area contributed by atoms with Gasteiger partial charge >= 0.3 is 0 Å². The van der Waals surface area contributed by atoms with Gasteiger partial charge in [-0.3, -0.25) is 4.68 Å². The Bertz CT molecular complexity index is 284. The van der Waals surface area contributed by atoms with Gasteiger partial charge in [-0.2, -0.15) is 5.10 Å². The van der Waals surface area contributed by atoms with Gasteiger partial charge < -0.3 is 5.11 Å². The van der Waals surface area contributed by atoms with Crippen LogP contribution in [0, 0.1) is 11.8 Å². The van der Waals surface area contributed by atoms with Gasteiger partial charge in [-0.1, -0.05) is 13.8 Å². The molecule has 1 aromatic rings. The number of aromatic nitrogens is 2. The molecule has 1 heterocycles. The molecule has 0 saturated carbocycles. The van der Waals surface area contributed by atoms with Crippen LogP contribution in [-0.4, -0.2) is 21.0 Å². The van der Waals surface area contributed by atoms with Crippen LogP contribution in [0.25, 0.3) is 0 Å². The molecule has 3 heteroatoms. The number of hydrogen-bond acceptors (Lipinski definition) is 2. The fourth-order valence-electron chi connectivity index (χ4n) is 1.92. The highest BCUT2D eigenvalue weighted by Gasteiger charge is 2.19. The van der Waals surface area contributed by atoms with Crippen molar-refractivity contribution in [3.63, 3.8) is 0 Å². The summed E-state index contributed by atoms with van der Waals surface area (Å²) in [5.74, 6) is 0.814. The first kappa shape index (κ1) is 12.2. The summed E-state index contributed by atoms with van der Waals surface area (Å²) in [6.07, 6.45) is 4.63. The molecule has 0 spiro atoms. The zero-order chi connectivity index (χ0) is 11.4. The fraction of sp³-hybridized carbons (Fsp3) is 0.750. The minimum atomic E-state index is -0.255. The molecule has 1 rings (SSSR count). The molecular weight excluding hydrogens is 188 g/mol. The number of aliphatic hydroxyl groups excluding tert-OH is 1. The van der Waals surface area contributed by atoms with E-state index in [9.17, 15) is 5.11 Å². The SMILES string of the molecule is CCn1cc(CC(C(C)C)C(C)O)cn1. The molecule has 86 valence electrons. The number of rotatable bonds is 5. The zero-order valence-corrected chi connectivity index (χ0v) is 10.1. The first-order valence-electron chi connectivity index (χ1n) is 5.74. The summed E-state index contributed by atoms with van der Waals surface area (Å²) in [7, 11) is 0. The van der Waals surface area contributed by atoms with Crippen LogP contribution < -0.4 is 0 Å². The highest BCUT2D eigenvalue weighted by molar-refractivity contribution is 5.05. The normalized spacial score (nSPS) is 15.6. The van der Waals surface area contributed by atoms with E-state index >= 15 is 0 Å². The second-order valence-corrected chi connectivity index (χ2v) is 4.56. The van der Waals surface area contributed by atoms with Crippen molar-refractivity contribution in [2.45, 2.75) is 46.8 Å². The van der Waals surface area contributed by atoms with Crippen LogP contribution in [0.1, 0.15) is 33.3 Å². The molecule has 0 fully saturated rings. The lowest BCUT2D eigenvalue weighted by molar-refractivity contribution is 0.0977. The second-order valence-electron chi connectivity index (χ2n) is 4.56. The van der Waals surface area contributed by atoms with Crippen LogP contribution in [0.5, 0.6) is 0 Å². The van der Waals surface area contributed by atoms with Gasteiger partial charge in [0.15, 0.2) is 0 Å². The third kappa shape index (κ3) is 3.34. The lowest BCUT2D eigenvalue weighted by Gasteiger charge is -2.22. The Hall–Kier alpha value is -0.830. The van der Waals surface area contributed by atoms with Crippen molar-refractivity contribution < 1.29 is 5.11 Å². The Morgan fingerprint density at radius 3 is 2.47 bits per heavy atom. The third-order valence-electron chi connectivity index (χ3n) is 2.96. The summed E-state index contributed by atoms with van der Waals surface area (Å²) in [6, 6.07) is 0. The molecule has 0 amide bonds. The highest BCUT2D eigenvalue weighted by Crippen LogP contribution is 2.20. The monoisotopic (exact) mass is 210 g/mol. The molecule has 0 aromatic carbocycles. The summed E-state index contributed by atoms with van der Waals surface area (Å²) in [6.45, 7) is 9.16. The Morgan fingerprint density at radius 2 is 2.07 bits per heavy atom. The van der Waals surface area contributed by atoms with Gasteiger partial charge in [0, 0.05) is 12.7 Å². The van der Waals surface area contributed by atoms with Crippen LogP contribution >= 0.6 is 0 Å². The minimum Gasteiger partial charge on any atom is -0.393 e. The predicted octanol–water partition coefficient (Wildman–Crippen LogP) is 2.10. The molecule has 2 unspecified atom stereocenters. The maximum absolute atomic E-state index is 9.68. The lowest BCUT2D eigenvalue weighted by Crippen LogP contribution is -2.24. The van der Waals surface area contributed by atoms with Crippen molar-refractivity contribution in [1.82, 2.24) is 9.78 Å². The van der Waals surface area contributed by atoms with Gasteiger partial charge in [0.05, 0.1) is 12.3 Å². The molecule has 0 radical (unpaired) electrons. The van der Waals surface area contributed by atoms with E-state index in [1.165, 1.54) is 5.56 Å². The van der Waals surface area contributed by atoms with Gasteiger partial charge in [-0.05, 0) is 37.7 Å².